The normalized spacial score (nSPS) is 16.1. The standard InChI is InChI=1S/C26H30N8O4S2/c1-26(2,3)21-14-22(28-23(35)29-24-27-20(16-39-24)18-8-6-5-7-9-18)34(30-21)19-12-10-17(11-13-19)15-33-32(4)25(36)31-40(33,37)38/h5-14,16,23,28,35H,15H2,1-4H3,(H,27,29)(H,31,36). The van der Waals surface area contributed by atoms with Crippen LogP contribution in [0.4, 0.5) is 15.7 Å². The molecule has 0 spiro atoms. The Bertz CT molecular complexity index is 1610. The van der Waals surface area contributed by atoms with Crippen LogP contribution in [-0.2, 0) is 22.2 Å². The Kier molecular flexibility index (Phi) is 7.27. The van der Waals surface area contributed by atoms with Gasteiger partial charge in [0.15, 0.2) is 5.13 Å². The van der Waals surface area contributed by atoms with E-state index in [1.54, 1.807) is 28.9 Å². The summed E-state index contributed by atoms with van der Waals surface area (Å²) in [5.41, 5.74) is 3.72. The second-order valence-electron chi connectivity index (χ2n) is 10.3. The summed E-state index contributed by atoms with van der Waals surface area (Å²) in [6, 6.07) is 18.1. The second kappa shape index (κ2) is 10.5. The third-order valence-electron chi connectivity index (χ3n) is 6.22. The van der Waals surface area contributed by atoms with E-state index in [4.69, 9.17) is 5.10 Å². The molecule has 4 aromatic rings. The van der Waals surface area contributed by atoms with Gasteiger partial charge in [0.1, 0.15) is 5.82 Å². The average molecular weight is 583 g/mol. The van der Waals surface area contributed by atoms with Crippen molar-refractivity contribution in [1.82, 2.24) is 28.9 Å². The van der Waals surface area contributed by atoms with Crippen molar-refractivity contribution < 1.29 is 18.3 Å². The molecule has 0 radical (unpaired) electrons. The molecule has 5 rings (SSSR count). The molecule has 4 N–H and O–H groups in total. The Morgan fingerprint density at radius 3 is 2.40 bits per heavy atom. The fraction of sp³-hybridized carbons (Fsp3) is 0.269. The molecule has 14 heteroatoms. The van der Waals surface area contributed by atoms with Gasteiger partial charge in [-0.3, -0.25) is 0 Å². The van der Waals surface area contributed by atoms with Crippen molar-refractivity contribution in [1.29, 1.82) is 0 Å². The molecule has 210 valence electrons. The first-order valence-electron chi connectivity index (χ1n) is 12.4. The van der Waals surface area contributed by atoms with Crippen molar-refractivity contribution in [3.05, 3.63) is 77.3 Å². The number of aliphatic hydroxyl groups excluding tert-OH is 1. The minimum atomic E-state index is -3.93. The summed E-state index contributed by atoms with van der Waals surface area (Å²) in [5.74, 6) is 0.550. The van der Waals surface area contributed by atoms with Crippen molar-refractivity contribution in [2.24, 2.45) is 0 Å². The van der Waals surface area contributed by atoms with E-state index >= 15 is 0 Å². The summed E-state index contributed by atoms with van der Waals surface area (Å²) in [4.78, 5) is 16.3. The van der Waals surface area contributed by atoms with Gasteiger partial charge in [-0.25, -0.2) is 24.2 Å². The summed E-state index contributed by atoms with van der Waals surface area (Å²) < 4.78 is 29.0. The van der Waals surface area contributed by atoms with Gasteiger partial charge in [0.05, 0.1) is 23.6 Å². The molecule has 2 aromatic heterocycles. The molecule has 2 aromatic carbocycles. The number of benzene rings is 2. The zero-order chi connectivity index (χ0) is 28.7. The maximum absolute atomic E-state index is 12.2. The molecule has 3 heterocycles. The highest BCUT2D eigenvalue weighted by molar-refractivity contribution is 7.88. The van der Waals surface area contributed by atoms with Gasteiger partial charge in [-0.1, -0.05) is 67.6 Å². The topological polar surface area (TPSA) is 145 Å². The molecular formula is C26H30N8O4S2. The van der Waals surface area contributed by atoms with E-state index in [1.807, 2.05) is 67.3 Å². The fourth-order valence-electron chi connectivity index (χ4n) is 4.00. The maximum Gasteiger partial charge on any atom is 0.347 e. The van der Waals surface area contributed by atoms with Gasteiger partial charge in [0.25, 0.3) is 0 Å². The molecule has 12 nitrogen and oxygen atoms in total. The molecular weight excluding hydrogens is 552 g/mol. The number of carbonyl (C=O) groups is 1. The lowest BCUT2D eigenvalue weighted by atomic mass is 9.92. The Hall–Kier alpha value is -3.98. The minimum Gasteiger partial charge on any atom is -0.356 e. The first-order valence-corrected chi connectivity index (χ1v) is 14.7. The summed E-state index contributed by atoms with van der Waals surface area (Å²) in [5, 5.41) is 25.1. The van der Waals surface area contributed by atoms with E-state index in [0.717, 1.165) is 26.4 Å². The number of nitrogens with one attached hydrogen (secondary N) is 3. The summed E-state index contributed by atoms with van der Waals surface area (Å²) in [6.45, 7) is 6.12. The highest BCUT2D eigenvalue weighted by Crippen LogP contribution is 2.28. The van der Waals surface area contributed by atoms with Gasteiger partial charge in [-0.05, 0) is 17.7 Å². The molecule has 0 bridgehead atoms. The number of urea groups is 1. The summed E-state index contributed by atoms with van der Waals surface area (Å²) in [7, 11) is -2.54. The van der Waals surface area contributed by atoms with Gasteiger partial charge in [0, 0.05) is 29.5 Å². The third-order valence-corrected chi connectivity index (χ3v) is 8.35. The zero-order valence-corrected chi connectivity index (χ0v) is 24.0. The molecule has 1 unspecified atom stereocenters. The summed E-state index contributed by atoms with van der Waals surface area (Å²) in [6.07, 6.45) is -1.15. The van der Waals surface area contributed by atoms with Crippen LogP contribution in [-0.4, -0.2) is 57.1 Å². The maximum atomic E-state index is 12.2. The van der Waals surface area contributed by atoms with E-state index in [0.29, 0.717) is 22.2 Å². The number of aliphatic hydroxyl groups is 1. The SMILES string of the molecule is CN1C(=O)NS(=O)(=O)N1Cc1ccc(-n2nc(C(C)(C)C)cc2NC(O)Nc2nc(-c3ccccc3)cs2)cc1. The number of rotatable bonds is 8. The third kappa shape index (κ3) is 5.79. The highest BCUT2D eigenvalue weighted by Gasteiger charge is 2.38. The van der Waals surface area contributed by atoms with Crippen LogP contribution in [0.1, 0.15) is 32.0 Å². The molecule has 0 saturated carbocycles. The van der Waals surface area contributed by atoms with Crippen LogP contribution in [0, 0.1) is 0 Å². The first kappa shape index (κ1) is 27.6. The molecule has 1 atom stereocenters. The van der Waals surface area contributed by atoms with Crippen LogP contribution < -0.4 is 15.4 Å². The highest BCUT2D eigenvalue weighted by atomic mass is 32.2. The van der Waals surface area contributed by atoms with Gasteiger partial charge < -0.3 is 15.7 Å². The van der Waals surface area contributed by atoms with E-state index in [1.165, 1.54) is 18.4 Å². The Morgan fingerprint density at radius 2 is 1.77 bits per heavy atom. The lowest BCUT2D eigenvalue weighted by molar-refractivity contribution is 0.132. The molecule has 1 fully saturated rings. The summed E-state index contributed by atoms with van der Waals surface area (Å²) >= 11 is 1.39. The molecule has 0 aliphatic carbocycles. The number of nitrogens with zero attached hydrogens (tertiary/aromatic N) is 5. The van der Waals surface area contributed by atoms with Crippen molar-refractivity contribution >= 4 is 38.5 Å². The average Bonchev–Trinajstić information content (AvgIpc) is 3.59. The molecule has 1 aliphatic heterocycles. The quantitative estimate of drug-likeness (QED) is 0.230. The lowest BCUT2D eigenvalue weighted by Gasteiger charge is -2.20. The van der Waals surface area contributed by atoms with Crippen molar-refractivity contribution in [3.63, 3.8) is 0 Å². The van der Waals surface area contributed by atoms with Crippen molar-refractivity contribution in [2.45, 2.75) is 39.1 Å². The van der Waals surface area contributed by atoms with Gasteiger partial charge >= 0.3 is 16.2 Å². The second-order valence-corrected chi connectivity index (χ2v) is 12.7. The lowest BCUT2D eigenvalue weighted by Crippen LogP contribution is -2.36. The molecule has 1 aliphatic rings. The zero-order valence-electron chi connectivity index (χ0n) is 22.4. The van der Waals surface area contributed by atoms with Gasteiger partial charge in [-0.2, -0.15) is 13.5 Å². The van der Waals surface area contributed by atoms with E-state index < -0.39 is 22.6 Å². The van der Waals surface area contributed by atoms with E-state index in [2.05, 4.69) is 15.6 Å². The predicted molar refractivity (Wildman–Crippen MR) is 154 cm³/mol. The predicted octanol–water partition coefficient (Wildman–Crippen LogP) is 3.71. The molecule has 1 saturated heterocycles. The monoisotopic (exact) mass is 582 g/mol. The van der Waals surface area contributed by atoms with Crippen LogP contribution in [0.3, 0.4) is 0 Å². The number of hydrogen-bond acceptors (Lipinski definition) is 9. The number of hydrazine groups is 1. The largest absolute Gasteiger partial charge is 0.356 e. The van der Waals surface area contributed by atoms with Crippen molar-refractivity contribution in [3.8, 4) is 16.9 Å². The van der Waals surface area contributed by atoms with Crippen LogP contribution in [0.2, 0.25) is 0 Å². The molecule has 40 heavy (non-hydrogen) atoms. The number of hydrogen-bond donors (Lipinski definition) is 4. The molecule has 2 amide bonds. The van der Waals surface area contributed by atoms with E-state index in [9.17, 15) is 18.3 Å². The Morgan fingerprint density at radius 1 is 1.07 bits per heavy atom. The Balaban J connectivity index is 1.34. The van der Waals surface area contributed by atoms with Gasteiger partial charge in [-0.15, -0.1) is 11.3 Å². The van der Waals surface area contributed by atoms with Crippen LogP contribution >= 0.6 is 11.3 Å². The first-order chi connectivity index (χ1) is 18.9. The van der Waals surface area contributed by atoms with Crippen LogP contribution in [0.25, 0.3) is 16.9 Å². The van der Waals surface area contributed by atoms with E-state index in [-0.39, 0.29) is 12.0 Å². The number of thiazole rings is 1. The van der Waals surface area contributed by atoms with Crippen molar-refractivity contribution in [2.75, 3.05) is 17.7 Å². The number of aromatic nitrogens is 3. The van der Waals surface area contributed by atoms with Crippen LogP contribution in [0.5, 0.6) is 0 Å². The Labute approximate surface area is 236 Å². The van der Waals surface area contributed by atoms with Gasteiger partial charge in [0.2, 0.25) is 6.35 Å². The van der Waals surface area contributed by atoms with Crippen LogP contribution in [0.15, 0.2) is 66.0 Å². The number of carbonyl (C=O) groups excluding carboxylic acids is 1. The minimum absolute atomic E-state index is 0.0171. The smallest absolute Gasteiger partial charge is 0.347 e. The number of anilines is 2. The fourth-order valence-corrected chi connectivity index (χ4v) is 5.92. The number of amides is 2.